The van der Waals surface area contributed by atoms with Crippen molar-refractivity contribution in [3.63, 3.8) is 0 Å². The predicted molar refractivity (Wildman–Crippen MR) is 266 cm³/mol. The van der Waals surface area contributed by atoms with Gasteiger partial charge in [-0.25, -0.2) is 0 Å². The van der Waals surface area contributed by atoms with Crippen LogP contribution in [0.25, 0.3) is 39.0 Å². The van der Waals surface area contributed by atoms with Crippen LogP contribution < -0.4 is 10.2 Å². The Bertz CT molecular complexity index is 3140. The minimum absolute atomic E-state index is 0.0957. The molecule has 0 saturated heterocycles. The van der Waals surface area contributed by atoms with Crippen molar-refractivity contribution in [3.05, 3.63) is 276 Å². The molecule has 12 rings (SSSR count). The van der Waals surface area contributed by atoms with Crippen molar-refractivity contribution in [1.82, 2.24) is 5.32 Å². The molecule has 1 spiro atoms. The highest BCUT2D eigenvalue weighted by Gasteiger charge is 2.51. The third kappa shape index (κ3) is 5.98. The van der Waals surface area contributed by atoms with E-state index >= 15 is 0 Å². The normalized spacial score (nSPS) is 17.8. The fourth-order valence-electron chi connectivity index (χ4n) is 11.4. The minimum atomic E-state index is -0.493. The number of benzene rings is 9. The second-order valence-corrected chi connectivity index (χ2v) is 17.5. The highest BCUT2D eigenvalue weighted by molar-refractivity contribution is 5.96. The van der Waals surface area contributed by atoms with E-state index in [1.165, 1.54) is 89.3 Å². The highest BCUT2D eigenvalue weighted by Crippen LogP contribution is 2.63. The summed E-state index contributed by atoms with van der Waals surface area (Å²) in [5.74, 6) is 0.306. The van der Waals surface area contributed by atoms with Gasteiger partial charge in [-0.1, -0.05) is 213 Å². The van der Waals surface area contributed by atoms with E-state index in [2.05, 4.69) is 254 Å². The van der Waals surface area contributed by atoms with E-state index in [4.69, 9.17) is 0 Å². The number of fused-ring (bicyclic) bond motifs is 9. The number of hydrogen-bond acceptors (Lipinski definition) is 2. The maximum atomic E-state index is 4.06. The molecule has 9 aromatic rings. The van der Waals surface area contributed by atoms with Crippen molar-refractivity contribution < 1.29 is 0 Å². The molecule has 3 aliphatic rings. The van der Waals surface area contributed by atoms with Crippen LogP contribution in [0.1, 0.15) is 64.4 Å². The van der Waals surface area contributed by atoms with E-state index in [-0.39, 0.29) is 12.1 Å². The average molecular weight is 821 g/mol. The first-order valence-electron chi connectivity index (χ1n) is 22.8. The molecule has 2 heteroatoms. The summed E-state index contributed by atoms with van der Waals surface area (Å²) in [6, 6.07) is 85.7. The molecule has 64 heavy (non-hydrogen) atoms. The maximum absolute atomic E-state index is 4.06. The Morgan fingerprint density at radius 1 is 0.422 bits per heavy atom. The fraction of sp³-hybridized carbons (Fsp3) is 0.0968. The second-order valence-electron chi connectivity index (χ2n) is 17.5. The molecule has 2 aliphatic heterocycles. The maximum Gasteiger partial charge on any atom is 0.0754 e. The zero-order valence-corrected chi connectivity index (χ0v) is 35.9. The van der Waals surface area contributed by atoms with Crippen LogP contribution in [-0.4, -0.2) is 0 Å². The Morgan fingerprint density at radius 3 is 1.58 bits per heavy atom. The zero-order valence-electron chi connectivity index (χ0n) is 35.9. The average Bonchev–Trinajstić information content (AvgIpc) is 3.67. The molecule has 0 radical (unpaired) electrons. The van der Waals surface area contributed by atoms with Crippen LogP contribution in [-0.2, 0) is 5.41 Å². The monoisotopic (exact) mass is 820 g/mol. The van der Waals surface area contributed by atoms with Gasteiger partial charge in [0.1, 0.15) is 0 Å². The van der Waals surface area contributed by atoms with Gasteiger partial charge in [-0.3, -0.25) is 5.32 Å². The summed E-state index contributed by atoms with van der Waals surface area (Å²) >= 11 is 0. The van der Waals surface area contributed by atoms with Gasteiger partial charge in [-0.15, -0.1) is 0 Å². The van der Waals surface area contributed by atoms with Crippen LogP contribution in [0.3, 0.4) is 0 Å². The SMILES string of the molecule is CCC1C(c2ccccc2-c2ccc(-c3ccc4c(c3)C3(c5ccccc5-4)c4ccccc4N(c4ccccc4)c4ccccc43)cc2)=CC(c2ccccc2)NC1c1ccccc1. The van der Waals surface area contributed by atoms with E-state index in [0.29, 0.717) is 5.92 Å². The largest absolute Gasteiger partial charge is 0.310 e. The summed E-state index contributed by atoms with van der Waals surface area (Å²) in [5.41, 5.74) is 21.2. The lowest BCUT2D eigenvalue weighted by molar-refractivity contribution is 0.378. The smallest absolute Gasteiger partial charge is 0.0754 e. The molecule has 2 heterocycles. The lowest BCUT2D eigenvalue weighted by Gasteiger charge is -2.45. The Morgan fingerprint density at radius 2 is 0.922 bits per heavy atom. The van der Waals surface area contributed by atoms with Gasteiger partial charge in [0.2, 0.25) is 0 Å². The Kier molecular flexibility index (Phi) is 9.35. The number of hydrogen-bond donors (Lipinski definition) is 1. The molecule has 3 atom stereocenters. The number of nitrogens with one attached hydrogen (secondary N) is 1. The molecule has 3 unspecified atom stereocenters. The van der Waals surface area contributed by atoms with Gasteiger partial charge in [-0.05, 0) is 115 Å². The van der Waals surface area contributed by atoms with Crippen LogP contribution in [0.2, 0.25) is 0 Å². The van der Waals surface area contributed by atoms with Crippen molar-refractivity contribution in [1.29, 1.82) is 0 Å². The molecule has 0 aromatic heterocycles. The molecule has 0 amide bonds. The van der Waals surface area contributed by atoms with Crippen LogP contribution in [0.4, 0.5) is 17.1 Å². The number of para-hydroxylation sites is 3. The Hall–Kier alpha value is -7.52. The number of nitrogens with zero attached hydrogens (tertiary/aromatic N) is 1. The van der Waals surface area contributed by atoms with Gasteiger partial charge >= 0.3 is 0 Å². The van der Waals surface area contributed by atoms with Gasteiger partial charge in [0.15, 0.2) is 0 Å². The Balaban J connectivity index is 0.971. The van der Waals surface area contributed by atoms with Crippen LogP contribution in [0.5, 0.6) is 0 Å². The van der Waals surface area contributed by atoms with Gasteiger partial charge < -0.3 is 4.90 Å². The fourth-order valence-corrected chi connectivity index (χ4v) is 11.4. The summed E-state index contributed by atoms with van der Waals surface area (Å²) < 4.78 is 0. The van der Waals surface area contributed by atoms with E-state index in [1.807, 2.05) is 0 Å². The summed E-state index contributed by atoms with van der Waals surface area (Å²) in [6.07, 6.45) is 3.52. The summed E-state index contributed by atoms with van der Waals surface area (Å²) in [5, 5.41) is 4.06. The lowest BCUT2D eigenvalue weighted by atomic mass is 9.64. The van der Waals surface area contributed by atoms with Crippen LogP contribution in [0.15, 0.2) is 237 Å². The first-order valence-corrected chi connectivity index (χ1v) is 22.8. The first kappa shape index (κ1) is 38.2. The Labute approximate surface area is 376 Å². The standard InChI is InChI=1S/C62H48N2/c1-2-48-53(41-58(44-20-6-3-7-21-44)63-61(48)45-22-8-4-9-23-45)50-27-13-12-26-49(50)43-36-34-42(35-37-43)46-38-39-52-51-28-14-15-29-54(51)62(57(52)40-46)55-30-16-18-32-59(55)64(47-24-10-5-11-25-47)60-33-19-17-31-56(60)62/h3-41,48,58,61,63H,2H2,1H3. The molecule has 0 bridgehead atoms. The minimum Gasteiger partial charge on any atom is -0.310 e. The van der Waals surface area contributed by atoms with Crippen molar-refractivity contribution in [2.75, 3.05) is 4.90 Å². The summed E-state index contributed by atoms with van der Waals surface area (Å²) in [6.45, 7) is 2.33. The van der Waals surface area contributed by atoms with E-state index in [1.54, 1.807) is 0 Å². The van der Waals surface area contributed by atoms with E-state index < -0.39 is 5.41 Å². The molecule has 306 valence electrons. The van der Waals surface area contributed by atoms with Gasteiger partial charge in [0.25, 0.3) is 0 Å². The highest BCUT2D eigenvalue weighted by atomic mass is 15.2. The molecule has 9 aromatic carbocycles. The van der Waals surface area contributed by atoms with Crippen molar-refractivity contribution in [2.45, 2.75) is 30.8 Å². The first-order chi connectivity index (χ1) is 31.7. The van der Waals surface area contributed by atoms with Crippen LogP contribution in [0, 0.1) is 5.92 Å². The topological polar surface area (TPSA) is 15.3 Å². The third-order valence-corrected chi connectivity index (χ3v) is 14.2. The van der Waals surface area contributed by atoms with Crippen LogP contribution >= 0.6 is 0 Å². The molecular formula is C62H48N2. The molecule has 1 aliphatic carbocycles. The predicted octanol–water partition coefficient (Wildman–Crippen LogP) is 15.7. The van der Waals surface area contributed by atoms with Gasteiger partial charge in [-0.2, -0.15) is 0 Å². The van der Waals surface area contributed by atoms with Crippen molar-refractivity contribution >= 4 is 22.6 Å². The molecule has 0 fully saturated rings. The number of rotatable bonds is 7. The zero-order chi connectivity index (χ0) is 42.6. The number of anilines is 3. The van der Waals surface area contributed by atoms with E-state index in [9.17, 15) is 0 Å². The second kappa shape index (κ2) is 15.7. The van der Waals surface area contributed by atoms with E-state index in [0.717, 1.165) is 12.1 Å². The molecule has 0 saturated carbocycles. The summed E-state index contributed by atoms with van der Waals surface area (Å²) in [7, 11) is 0. The summed E-state index contributed by atoms with van der Waals surface area (Å²) in [4.78, 5) is 2.45. The molecule has 1 N–H and O–H groups in total. The van der Waals surface area contributed by atoms with Crippen molar-refractivity contribution in [2.24, 2.45) is 5.92 Å². The van der Waals surface area contributed by atoms with Crippen molar-refractivity contribution in [3.8, 4) is 33.4 Å². The molecule has 2 nitrogen and oxygen atoms in total. The van der Waals surface area contributed by atoms with Gasteiger partial charge in [0.05, 0.1) is 22.8 Å². The quantitative estimate of drug-likeness (QED) is 0.172. The van der Waals surface area contributed by atoms with Gasteiger partial charge in [0, 0.05) is 17.6 Å². The molecular weight excluding hydrogens is 773 g/mol. The third-order valence-electron chi connectivity index (χ3n) is 14.2. The lowest BCUT2D eigenvalue weighted by Crippen LogP contribution is -2.36.